The molecule has 2 rings (SSSR count). The van der Waals surface area contributed by atoms with E-state index in [2.05, 4.69) is 5.32 Å². The first-order chi connectivity index (χ1) is 8.56. The highest BCUT2D eigenvalue weighted by Gasteiger charge is 2.25. The van der Waals surface area contributed by atoms with Crippen LogP contribution in [0.2, 0.25) is 0 Å². The molecule has 0 heterocycles. The van der Waals surface area contributed by atoms with Gasteiger partial charge < -0.3 is 15.5 Å². The van der Waals surface area contributed by atoms with Crippen molar-refractivity contribution in [2.75, 3.05) is 0 Å². The number of benzene rings is 1. The maximum Gasteiger partial charge on any atom is 0.310 e. The standard InChI is InChI=1S/C13H13NO4/c15-11-5-2-8(3-6-11)12(16)14-10-4-1-9(7-10)13(17)18/h1-6,9-10,15H,7H2,(H,14,16)(H,17,18). The third-order valence-electron chi connectivity index (χ3n) is 2.85. The molecule has 0 saturated heterocycles. The molecule has 1 aliphatic carbocycles. The van der Waals surface area contributed by atoms with Gasteiger partial charge in [0.15, 0.2) is 0 Å². The maximum absolute atomic E-state index is 11.8. The fraction of sp³-hybridized carbons (Fsp3) is 0.231. The molecular formula is C13H13NO4. The molecule has 2 atom stereocenters. The molecule has 5 nitrogen and oxygen atoms in total. The minimum Gasteiger partial charge on any atom is -0.508 e. The molecule has 0 saturated carbocycles. The third kappa shape index (κ3) is 2.68. The monoisotopic (exact) mass is 247 g/mol. The number of hydrogen-bond donors (Lipinski definition) is 3. The van der Waals surface area contributed by atoms with Crippen LogP contribution in [0.3, 0.4) is 0 Å². The Hall–Kier alpha value is -2.30. The largest absolute Gasteiger partial charge is 0.508 e. The summed E-state index contributed by atoms with van der Waals surface area (Å²) in [6.07, 6.45) is 3.65. The average Bonchev–Trinajstić information content (AvgIpc) is 2.78. The normalized spacial score (nSPS) is 21.8. The van der Waals surface area contributed by atoms with Crippen LogP contribution in [-0.2, 0) is 4.79 Å². The molecule has 5 heteroatoms. The molecule has 18 heavy (non-hydrogen) atoms. The molecular weight excluding hydrogens is 234 g/mol. The summed E-state index contributed by atoms with van der Waals surface area (Å²) in [5.41, 5.74) is 0.431. The first-order valence-corrected chi connectivity index (χ1v) is 5.57. The molecule has 3 N–H and O–H groups in total. The highest BCUT2D eigenvalue weighted by Crippen LogP contribution is 2.18. The van der Waals surface area contributed by atoms with Gasteiger partial charge in [-0.1, -0.05) is 12.2 Å². The van der Waals surface area contributed by atoms with E-state index >= 15 is 0 Å². The van der Waals surface area contributed by atoms with E-state index in [0.717, 1.165) is 0 Å². The Balaban J connectivity index is 1.95. The lowest BCUT2D eigenvalue weighted by atomic mass is 10.1. The number of carbonyl (C=O) groups is 2. The van der Waals surface area contributed by atoms with Crippen LogP contribution in [-0.4, -0.2) is 28.1 Å². The highest BCUT2D eigenvalue weighted by molar-refractivity contribution is 5.94. The van der Waals surface area contributed by atoms with Crippen molar-refractivity contribution in [2.45, 2.75) is 12.5 Å². The smallest absolute Gasteiger partial charge is 0.310 e. The van der Waals surface area contributed by atoms with Gasteiger partial charge in [-0.15, -0.1) is 0 Å². The fourth-order valence-electron chi connectivity index (χ4n) is 1.85. The van der Waals surface area contributed by atoms with Crippen molar-refractivity contribution in [3.05, 3.63) is 42.0 Å². The number of carboxylic acid groups (broad SMARTS) is 1. The van der Waals surface area contributed by atoms with Crippen molar-refractivity contribution >= 4 is 11.9 Å². The summed E-state index contributed by atoms with van der Waals surface area (Å²) in [5, 5.41) is 20.7. The van der Waals surface area contributed by atoms with Crippen molar-refractivity contribution < 1.29 is 19.8 Å². The van der Waals surface area contributed by atoms with Crippen molar-refractivity contribution in [2.24, 2.45) is 5.92 Å². The topological polar surface area (TPSA) is 86.6 Å². The third-order valence-corrected chi connectivity index (χ3v) is 2.85. The predicted molar refractivity (Wildman–Crippen MR) is 64.2 cm³/mol. The number of rotatable bonds is 3. The number of nitrogens with one attached hydrogen (secondary N) is 1. The summed E-state index contributed by atoms with van der Waals surface area (Å²) >= 11 is 0. The second-order valence-corrected chi connectivity index (χ2v) is 4.19. The van der Waals surface area contributed by atoms with Crippen LogP contribution in [0, 0.1) is 5.92 Å². The Bertz CT molecular complexity index is 492. The van der Waals surface area contributed by atoms with Crippen LogP contribution in [0.4, 0.5) is 0 Å². The van der Waals surface area contributed by atoms with Gasteiger partial charge in [0.2, 0.25) is 0 Å². The molecule has 1 amide bonds. The minimum atomic E-state index is -0.882. The summed E-state index contributed by atoms with van der Waals surface area (Å²) in [7, 11) is 0. The van der Waals surface area contributed by atoms with Crippen molar-refractivity contribution in [3.63, 3.8) is 0 Å². The highest BCUT2D eigenvalue weighted by atomic mass is 16.4. The Morgan fingerprint density at radius 3 is 2.39 bits per heavy atom. The minimum absolute atomic E-state index is 0.0956. The molecule has 1 aliphatic rings. The first-order valence-electron chi connectivity index (χ1n) is 5.57. The van der Waals surface area contributed by atoms with Crippen molar-refractivity contribution in [3.8, 4) is 5.75 Å². The van der Waals surface area contributed by atoms with Crippen LogP contribution in [0.15, 0.2) is 36.4 Å². The summed E-state index contributed by atoms with van der Waals surface area (Å²) in [4.78, 5) is 22.6. The zero-order valence-corrected chi connectivity index (χ0v) is 9.54. The zero-order chi connectivity index (χ0) is 13.1. The van der Waals surface area contributed by atoms with Gasteiger partial charge in [0.05, 0.1) is 5.92 Å². The number of amides is 1. The van der Waals surface area contributed by atoms with E-state index in [-0.39, 0.29) is 17.7 Å². The Kier molecular flexibility index (Phi) is 3.32. The van der Waals surface area contributed by atoms with E-state index in [4.69, 9.17) is 10.2 Å². The average molecular weight is 247 g/mol. The summed E-state index contributed by atoms with van der Waals surface area (Å²) in [6.45, 7) is 0. The van der Waals surface area contributed by atoms with Gasteiger partial charge in [-0.25, -0.2) is 0 Å². The second-order valence-electron chi connectivity index (χ2n) is 4.19. The van der Waals surface area contributed by atoms with E-state index < -0.39 is 11.9 Å². The van der Waals surface area contributed by atoms with Crippen LogP contribution in [0.25, 0.3) is 0 Å². The molecule has 1 aromatic carbocycles. The van der Waals surface area contributed by atoms with Crippen molar-refractivity contribution in [1.29, 1.82) is 0 Å². The van der Waals surface area contributed by atoms with Gasteiger partial charge >= 0.3 is 5.97 Å². The van der Waals surface area contributed by atoms with Crippen molar-refractivity contribution in [1.82, 2.24) is 5.32 Å². The number of aliphatic carboxylic acids is 1. The van der Waals surface area contributed by atoms with Gasteiger partial charge in [-0.2, -0.15) is 0 Å². The van der Waals surface area contributed by atoms with Crippen LogP contribution in [0.1, 0.15) is 16.8 Å². The van der Waals surface area contributed by atoms with Crippen LogP contribution in [0.5, 0.6) is 5.75 Å². The van der Waals surface area contributed by atoms with E-state index in [1.165, 1.54) is 24.3 Å². The Labute approximate surface area is 104 Å². The Morgan fingerprint density at radius 2 is 1.83 bits per heavy atom. The van der Waals surface area contributed by atoms with Crippen LogP contribution >= 0.6 is 0 Å². The quantitative estimate of drug-likeness (QED) is 0.699. The Morgan fingerprint density at radius 1 is 1.17 bits per heavy atom. The lowest BCUT2D eigenvalue weighted by molar-refractivity contribution is -0.140. The van der Waals surface area contributed by atoms with E-state index in [1.54, 1.807) is 12.2 Å². The maximum atomic E-state index is 11.8. The lowest BCUT2D eigenvalue weighted by Crippen LogP contribution is -2.33. The molecule has 94 valence electrons. The fourth-order valence-corrected chi connectivity index (χ4v) is 1.85. The van der Waals surface area contributed by atoms with E-state index in [0.29, 0.717) is 12.0 Å². The lowest BCUT2D eigenvalue weighted by Gasteiger charge is -2.12. The summed E-state index contributed by atoms with van der Waals surface area (Å²) in [6, 6.07) is 5.63. The van der Waals surface area contributed by atoms with Gasteiger partial charge in [0, 0.05) is 11.6 Å². The molecule has 0 radical (unpaired) electrons. The first kappa shape index (κ1) is 12.2. The summed E-state index contributed by atoms with van der Waals surface area (Å²) < 4.78 is 0. The predicted octanol–water partition coefficient (Wildman–Crippen LogP) is 1.15. The van der Waals surface area contributed by atoms with Gasteiger partial charge in [0.25, 0.3) is 5.91 Å². The zero-order valence-electron chi connectivity index (χ0n) is 9.54. The summed E-state index contributed by atoms with van der Waals surface area (Å²) in [5.74, 6) is -1.60. The SMILES string of the molecule is O=C(NC1C=CC(C(=O)O)C1)c1ccc(O)cc1. The number of hydrogen-bond acceptors (Lipinski definition) is 3. The molecule has 0 spiro atoms. The van der Waals surface area contributed by atoms with Gasteiger partial charge in [-0.05, 0) is 30.7 Å². The molecule has 2 unspecified atom stereocenters. The van der Waals surface area contributed by atoms with Gasteiger partial charge in [-0.3, -0.25) is 9.59 Å². The number of carbonyl (C=O) groups excluding carboxylic acids is 1. The van der Waals surface area contributed by atoms with E-state index in [1.807, 2.05) is 0 Å². The second kappa shape index (κ2) is 4.91. The van der Waals surface area contributed by atoms with Gasteiger partial charge in [0.1, 0.15) is 5.75 Å². The van der Waals surface area contributed by atoms with Crippen LogP contribution < -0.4 is 5.32 Å². The number of phenols is 1. The molecule has 0 aliphatic heterocycles. The number of phenolic OH excluding ortho intramolecular Hbond substituents is 1. The number of carboxylic acids is 1. The molecule has 1 aromatic rings. The molecule has 0 aromatic heterocycles. The molecule has 0 bridgehead atoms. The molecule has 0 fully saturated rings. The van der Waals surface area contributed by atoms with E-state index in [9.17, 15) is 9.59 Å². The number of aromatic hydroxyl groups is 1.